The Labute approximate surface area is 166 Å². The number of fused-ring (bicyclic) bond motifs is 1. The summed E-state index contributed by atoms with van der Waals surface area (Å²) < 4.78 is 6.23. The fraction of sp³-hybridized carbons (Fsp3) is 0.667. The van der Waals surface area contributed by atoms with Crippen LogP contribution in [0.4, 0.5) is 0 Å². The highest BCUT2D eigenvalue weighted by Gasteiger charge is 2.67. The van der Waals surface area contributed by atoms with Crippen LogP contribution in [0.5, 0.6) is 0 Å². The van der Waals surface area contributed by atoms with Crippen molar-refractivity contribution in [1.29, 1.82) is 0 Å². The van der Waals surface area contributed by atoms with Gasteiger partial charge < -0.3 is 14.5 Å². The third-order valence-corrected chi connectivity index (χ3v) is 6.63. The van der Waals surface area contributed by atoms with Crippen molar-refractivity contribution in [2.75, 3.05) is 20.1 Å². The fourth-order valence-electron chi connectivity index (χ4n) is 5.00. The van der Waals surface area contributed by atoms with Gasteiger partial charge in [-0.15, -0.1) is 0 Å². The molecule has 2 amide bonds. The number of amides is 2. The highest BCUT2D eigenvalue weighted by molar-refractivity contribution is 5.93. The van der Waals surface area contributed by atoms with Gasteiger partial charge in [0.05, 0.1) is 36.7 Å². The van der Waals surface area contributed by atoms with Crippen LogP contribution in [0.1, 0.15) is 38.1 Å². The SMILES string of the molecule is CCC(CC)CN1C[C@]23C=C[C@H](O2)[C@@H](C(=O)N(C)Cc2cc(C)[nH]n2)[C@@H]3C1=O. The number of hydrogen-bond acceptors (Lipinski definition) is 4. The van der Waals surface area contributed by atoms with Crippen LogP contribution in [0.25, 0.3) is 0 Å². The molecule has 7 heteroatoms. The number of aromatic nitrogens is 2. The predicted octanol–water partition coefficient (Wildman–Crippen LogP) is 1.89. The number of nitrogens with zero attached hydrogens (tertiary/aromatic N) is 3. The quantitative estimate of drug-likeness (QED) is 0.726. The van der Waals surface area contributed by atoms with Gasteiger partial charge in [0, 0.05) is 19.3 Å². The molecule has 1 aromatic heterocycles. The minimum Gasteiger partial charge on any atom is -0.360 e. The summed E-state index contributed by atoms with van der Waals surface area (Å²) in [5.41, 5.74) is 1.15. The van der Waals surface area contributed by atoms with Gasteiger partial charge in [0.15, 0.2) is 0 Å². The van der Waals surface area contributed by atoms with E-state index in [2.05, 4.69) is 24.0 Å². The van der Waals surface area contributed by atoms with Crippen molar-refractivity contribution in [3.63, 3.8) is 0 Å². The summed E-state index contributed by atoms with van der Waals surface area (Å²) in [6.07, 6.45) is 5.78. The molecular formula is C21H30N4O3. The van der Waals surface area contributed by atoms with Gasteiger partial charge >= 0.3 is 0 Å². The Morgan fingerprint density at radius 2 is 2.21 bits per heavy atom. The third kappa shape index (κ3) is 2.96. The van der Waals surface area contributed by atoms with Gasteiger partial charge in [0.1, 0.15) is 5.60 Å². The number of H-pyrrole nitrogens is 1. The Balaban J connectivity index is 1.52. The van der Waals surface area contributed by atoms with Crippen molar-refractivity contribution in [2.45, 2.75) is 51.9 Å². The predicted molar refractivity (Wildman–Crippen MR) is 104 cm³/mol. The first-order chi connectivity index (χ1) is 13.4. The average Bonchev–Trinajstić information content (AvgIpc) is 3.41. The van der Waals surface area contributed by atoms with Crippen molar-refractivity contribution in [2.24, 2.45) is 17.8 Å². The molecule has 0 radical (unpaired) electrons. The Morgan fingerprint density at radius 3 is 2.86 bits per heavy atom. The zero-order valence-corrected chi connectivity index (χ0v) is 17.1. The molecule has 0 saturated carbocycles. The van der Waals surface area contributed by atoms with E-state index >= 15 is 0 Å². The smallest absolute Gasteiger partial charge is 0.230 e. The second kappa shape index (κ2) is 7.03. The molecule has 4 heterocycles. The fourth-order valence-corrected chi connectivity index (χ4v) is 5.00. The van der Waals surface area contributed by atoms with E-state index in [1.807, 2.05) is 30.0 Å². The monoisotopic (exact) mass is 386 g/mol. The molecule has 1 spiro atoms. The first-order valence-corrected chi connectivity index (χ1v) is 10.3. The topological polar surface area (TPSA) is 78.5 Å². The first kappa shape index (κ1) is 19.2. The molecule has 3 aliphatic rings. The first-order valence-electron chi connectivity index (χ1n) is 10.3. The molecule has 0 aliphatic carbocycles. The molecule has 1 N–H and O–H groups in total. The summed E-state index contributed by atoms with van der Waals surface area (Å²) >= 11 is 0. The minimum absolute atomic E-state index is 0.0420. The summed E-state index contributed by atoms with van der Waals surface area (Å²) in [7, 11) is 1.77. The Kier molecular flexibility index (Phi) is 4.81. The number of aromatic amines is 1. The van der Waals surface area contributed by atoms with Crippen LogP contribution in [-0.4, -0.2) is 63.7 Å². The molecule has 7 nitrogen and oxygen atoms in total. The maximum atomic E-state index is 13.3. The summed E-state index contributed by atoms with van der Waals surface area (Å²) in [5, 5.41) is 7.12. The van der Waals surface area contributed by atoms with Crippen LogP contribution in [0, 0.1) is 24.7 Å². The number of likely N-dealkylation sites (tertiary alicyclic amines) is 1. The van der Waals surface area contributed by atoms with Crippen LogP contribution in [0.2, 0.25) is 0 Å². The lowest BCUT2D eigenvalue weighted by molar-refractivity contribution is -0.143. The van der Waals surface area contributed by atoms with E-state index in [0.717, 1.165) is 30.8 Å². The molecule has 4 rings (SSSR count). The molecule has 2 saturated heterocycles. The zero-order valence-electron chi connectivity index (χ0n) is 17.1. The van der Waals surface area contributed by atoms with E-state index in [0.29, 0.717) is 19.0 Å². The summed E-state index contributed by atoms with van der Waals surface area (Å²) in [6.45, 7) is 7.98. The van der Waals surface area contributed by atoms with Crippen LogP contribution in [0.15, 0.2) is 18.2 Å². The van der Waals surface area contributed by atoms with Gasteiger partial charge in [-0.25, -0.2) is 0 Å². The lowest BCUT2D eigenvalue weighted by Crippen LogP contribution is -2.44. The number of carbonyl (C=O) groups is 2. The molecule has 3 aliphatic heterocycles. The summed E-state index contributed by atoms with van der Waals surface area (Å²) in [6, 6.07) is 1.93. The maximum absolute atomic E-state index is 13.3. The Morgan fingerprint density at radius 1 is 1.46 bits per heavy atom. The van der Waals surface area contributed by atoms with Crippen LogP contribution < -0.4 is 0 Å². The standard InChI is InChI=1S/C21H30N4O3/c1-5-14(6-2)10-25-12-21-8-7-16(28-21)17(18(21)20(25)27)19(26)24(4)11-15-9-13(3)22-23-15/h7-9,14,16-18H,5-6,10-12H2,1-4H3,(H,22,23)/t16-,17+,18+,21-/m0/s1. The summed E-state index contributed by atoms with van der Waals surface area (Å²) in [4.78, 5) is 30.1. The molecule has 2 fully saturated rings. The molecule has 152 valence electrons. The Bertz CT molecular complexity index is 799. The van der Waals surface area contributed by atoms with Crippen molar-refractivity contribution in [1.82, 2.24) is 20.0 Å². The van der Waals surface area contributed by atoms with E-state index in [4.69, 9.17) is 4.74 Å². The number of rotatable bonds is 7. The zero-order chi connectivity index (χ0) is 20.1. The molecule has 2 bridgehead atoms. The lowest BCUT2D eigenvalue weighted by atomic mass is 9.76. The molecule has 4 atom stereocenters. The number of ether oxygens (including phenoxy) is 1. The minimum atomic E-state index is -0.627. The largest absolute Gasteiger partial charge is 0.360 e. The molecule has 0 aromatic carbocycles. The van der Waals surface area contributed by atoms with Gasteiger partial charge in [-0.1, -0.05) is 38.8 Å². The lowest BCUT2D eigenvalue weighted by Gasteiger charge is -2.27. The van der Waals surface area contributed by atoms with E-state index in [1.54, 1.807) is 11.9 Å². The van der Waals surface area contributed by atoms with Crippen molar-refractivity contribution in [3.8, 4) is 0 Å². The van der Waals surface area contributed by atoms with Gasteiger partial charge in [-0.3, -0.25) is 14.7 Å². The van der Waals surface area contributed by atoms with Gasteiger partial charge in [0.25, 0.3) is 0 Å². The molecule has 1 aromatic rings. The van der Waals surface area contributed by atoms with Crippen LogP contribution in [-0.2, 0) is 20.9 Å². The normalized spacial score (nSPS) is 30.5. The van der Waals surface area contributed by atoms with Gasteiger partial charge in [0.2, 0.25) is 11.8 Å². The Hall–Kier alpha value is -2.15. The third-order valence-electron chi connectivity index (χ3n) is 6.63. The number of carbonyl (C=O) groups excluding carboxylic acids is 2. The van der Waals surface area contributed by atoms with Gasteiger partial charge in [-0.05, 0) is 18.9 Å². The van der Waals surface area contributed by atoms with Crippen molar-refractivity contribution >= 4 is 11.8 Å². The second-order valence-corrected chi connectivity index (χ2v) is 8.54. The van der Waals surface area contributed by atoms with Crippen LogP contribution in [0.3, 0.4) is 0 Å². The van der Waals surface area contributed by atoms with Gasteiger partial charge in [-0.2, -0.15) is 5.10 Å². The highest BCUT2D eigenvalue weighted by Crippen LogP contribution is 2.52. The number of hydrogen-bond donors (Lipinski definition) is 1. The number of aryl methyl sites for hydroxylation is 1. The van der Waals surface area contributed by atoms with E-state index in [-0.39, 0.29) is 17.9 Å². The summed E-state index contributed by atoms with van der Waals surface area (Å²) in [5.74, 6) is -0.345. The highest BCUT2D eigenvalue weighted by atomic mass is 16.5. The molecule has 28 heavy (non-hydrogen) atoms. The molecular weight excluding hydrogens is 356 g/mol. The second-order valence-electron chi connectivity index (χ2n) is 8.54. The average molecular weight is 386 g/mol. The molecule has 0 unspecified atom stereocenters. The van der Waals surface area contributed by atoms with E-state index in [9.17, 15) is 9.59 Å². The van der Waals surface area contributed by atoms with E-state index < -0.39 is 17.4 Å². The van der Waals surface area contributed by atoms with Crippen LogP contribution >= 0.6 is 0 Å². The number of nitrogens with one attached hydrogen (secondary N) is 1. The van der Waals surface area contributed by atoms with Crippen molar-refractivity contribution in [3.05, 3.63) is 29.6 Å². The van der Waals surface area contributed by atoms with E-state index in [1.165, 1.54) is 0 Å². The van der Waals surface area contributed by atoms with Crippen molar-refractivity contribution < 1.29 is 14.3 Å². The maximum Gasteiger partial charge on any atom is 0.230 e.